The Bertz CT molecular complexity index is 677. The predicted octanol–water partition coefficient (Wildman–Crippen LogP) is 3.59. The van der Waals surface area contributed by atoms with Gasteiger partial charge in [-0.05, 0) is 67.8 Å². The van der Waals surface area contributed by atoms with Gasteiger partial charge in [-0.3, -0.25) is 10.2 Å². The third kappa shape index (κ3) is 3.42. The normalized spacial score (nSPS) is 41.5. The maximum Gasteiger partial charge on any atom is 0.240 e. The lowest BCUT2D eigenvalue weighted by Gasteiger charge is -2.65. The van der Waals surface area contributed by atoms with E-state index < -0.39 is 0 Å². The lowest BCUT2D eigenvalue weighted by molar-refractivity contribution is -0.170. The van der Waals surface area contributed by atoms with Crippen LogP contribution in [0.25, 0.3) is 0 Å². The Morgan fingerprint density at radius 3 is 2.52 bits per heavy atom. The van der Waals surface area contributed by atoms with E-state index in [4.69, 9.17) is 0 Å². The molecule has 4 atom stereocenters. The van der Waals surface area contributed by atoms with Crippen molar-refractivity contribution in [3.8, 4) is 0 Å². The molecule has 0 aromatic carbocycles. The number of nitrogens with zero attached hydrogens (tertiary/aromatic N) is 1. The second kappa shape index (κ2) is 6.89. The van der Waals surface area contributed by atoms with E-state index in [1.165, 1.54) is 24.8 Å². The van der Waals surface area contributed by atoms with Crippen molar-refractivity contribution in [2.24, 2.45) is 22.2 Å². The van der Waals surface area contributed by atoms with Crippen molar-refractivity contribution in [3.63, 3.8) is 0 Å². The van der Waals surface area contributed by atoms with E-state index in [9.17, 15) is 4.79 Å². The SMILES string of the molecule is C=C(/C=C\C=C/C)[C@]12CC3CC(C(=O)NN4CCNCC4)(C[C@](C)(C3)C1)C2. The fraction of sp³-hybridized carbons (Fsp3) is 0.696. The molecule has 1 amide bonds. The van der Waals surface area contributed by atoms with Crippen LogP contribution in [0.1, 0.15) is 52.4 Å². The topological polar surface area (TPSA) is 44.4 Å². The van der Waals surface area contributed by atoms with E-state index in [0.29, 0.717) is 5.92 Å². The van der Waals surface area contributed by atoms with Crippen LogP contribution in [0.4, 0.5) is 0 Å². The quantitative estimate of drug-likeness (QED) is 0.728. The maximum absolute atomic E-state index is 13.5. The van der Waals surface area contributed by atoms with E-state index in [1.54, 1.807) is 0 Å². The first-order valence-electron chi connectivity index (χ1n) is 10.6. The molecule has 0 aromatic rings. The summed E-state index contributed by atoms with van der Waals surface area (Å²) < 4.78 is 0. The van der Waals surface area contributed by atoms with Gasteiger partial charge >= 0.3 is 0 Å². The van der Waals surface area contributed by atoms with Crippen LogP contribution >= 0.6 is 0 Å². The van der Waals surface area contributed by atoms with Gasteiger partial charge in [0, 0.05) is 26.2 Å². The Morgan fingerprint density at radius 1 is 1.11 bits per heavy atom. The molecule has 2 unspecified atom stereocenters. The molecule has 148 valence electrons. The van der Waals surface area contributed by atoms with Crippen LogP contribution in [0.15, 0.2) is 36.5 Å². The molecule has 4 aliphatic carbocycles. The summed E-state index contributed by atoms with van der Waals surface area (Å²) in [5.41, 5.74) is 4.70. The highest BCUT2D eigenvalue weighted by Gasteiger charge is 2.64. The van der Waals surface area contributed by atoms with Crippen LogP contribution in [-0.2, 0) is 4.79 Å². The summed E-state index contributed by atoms with van der Waals surface area (Å²) in [6.07, 6.45) is 15.2. The summed E-state index contributed by atoms with van der Waals surface area (Å²) in [7, 11) is 0. The monoisotopic (exact) mass is 369 g/mol. The molecular formula is C23H35N3O. The Hall–Kier alpha value is -1.39. The van der Waals surface area contributed by atoms with Gasteiger partial charge in [-0.25, -0.2) is 5.01 Å². The second-order valence-corrected chi connectivity index (χ2v) is 9.97. The molecule has 4 heteroatoms. The van der Waals surface area contributed by atoms with Crippen molar-refractivity contribution in [1.82, 2.24) is 15.8 Å². The first-order valence-corrected chi connectivity index (χ1v) is 10.6. The van der Waals surface area contributed by atoms with Crippen LogP contribution in [-0.4, -0.2) is 37.1 Å². The number of hydrogen-bond acceptors (Lipinski definition) is 3. The predicted molar refractivity (Wildman–Crippen MR) is 110 cm³/mol. The lowest BCUT2D eigenvalue weighted by Crippen LogP contribution is -2.63. The highest BCUT2D eigenvalue weighted by atomic mass is 16.2. The molecule has 4 saturated carbocycles. The van der Waals surface area contributed by atoms with Gasteiger partial charge in [0.25, 0.3) is 0 Å². The van der Waals surface area contributed by atoms with Gasteiger partial charge in [-0.2, -0.15) is 0 Å². The zero-order valence-electron chi connectivity index (χ0n) is 17.0. The zero-order chi connectivity index (χ0) is 19.1. The average molecular weight is 370 g/mol. The molecule has 1 saturated heterocycles. The smallest absolute Gasteiger partial charge is 0.240 e. The summed E-state index contributed by atoms with van der Waals surface area (Å²) in [6, 6.07) is 0. The van der Waals surface area contributed by atoms with Crippen molar-refractivity contribution in [1.29, 1.82) is 0 Å². The standard InChI is InChI=1S/C23H35N3O/c1-4-5-6-7-18(2)22-13-19-12-21(3,15-22)16-23(14-19,17-22)20(27)25-26-10-8-24-9-11-26/h4-7,19,24H,2,8-17H2,1,3H3,(H,25,27)/b5-4-,7-6-/t19?,21-,22-,23?/m1/s1. The van der Waals surface area contributed by atoms with Crippen molar-refractivity contribution in [2.45, 2.75) is 52.4 Å². The van der Waals surface area contributed by atoms with E-state index >= 15 is 0 Å². The fourth-order valence-corrected chi connectivity index (χ4v) is 7.03. The summed E-state index contributed by atoms with van der Waals surface area (Å²) in [5, 5.41) is 5.48. The number of carbonyl (C=O) groups excluding carboxylic acids is 1. The number of amides is 1. The molecule has 1 heterocycles. The zero-order valence-corrected chi connectivity index (χ0v) is 17.0. The van der Waals surface area contributed by atoms with Crippen LogP contribution in [0.2, 0.25) is 0 Å². The minimum Gasteiger partial charge on any atom is -0.314 e. The molecule has 4 bridgehead atoms. The molecule has 5 aliphatic rings. The van der Waals surface area contributed by atoms with Crippen LogP contribution in [0.5, 0.6) is 0 Å². The second-order valence-electron chi connectivity index (χ2n) is 9.97. The molecule has 1 aliphatic heterocycles. The minimum atomic E-state index is -0.212. The first kappa shape index (κ1) is 18.9. The van der Waals surface area contributed by atoms with Gasteiger partial charge in [0.2, 0.25) is 5.91 Å². The molecule has 5 rings (SSSR count). The van der Waals surface area contributed by atoms with Crippen LogP contribution in [0.3, 0.4) is 0 Å². The van der Waals surface area contributed by atoms with Crippen molar-refractivity contribution >= 4 is 5.91 Å². The van der Waals surface area contributed by atoms with Gasteiger partial charge < -0.3 is 5.32 Å². The summed E-state index contributed by atoms with van der Waals surface area (Å²) >= 11 is 0. The van der Waals surface area contributed by atoms with E-state index in [1.807, 2.05) is 13.0 Å². The molecule has 4 nitrogen and oxygen atoms in total. The molecule has 0 aromatic heterocycles. The van der Waals surface area contributed by atoms with E-state index in [-0.39, 0.29) is 22.2 Å². The maximum atomic E-state index is 13.5. The van der Waals surface area contributed by atoms with Crippen molar-refractivity contribution in [2.75, 3.05) is 26.2 Å². The number of hydrazine groups is 1. The minimum absolute atomic E-state index is 0.104. The third-order valence-corrected chi connectivity index (χ3v) is 7.49. The Kier molecular flexibility index (Phi) is 4.84. The third-order valence-electron chi connectivity index (χ3n) is 7.49. The number of hydrogen-bond donors (Lipinski definition) is 2. The molecule has 27 heavy (non-hydrogen) atoms. The number of rotatable bonds is 5. The average Bonchev–Trinajstić information content (AvgIpc) is 2.60. The van der Waals surface area contributed by atoms with Crippen LogP contribution in [0, 0.1) is 22.2 Å². The molecule has 0 radical (unpaired) electrons. The highest BCUT2D eigenvalue weighted by molar-refractivity contribution is 5.83. The lowest BCUT2D eigenvalue weighted by atomic mass is 9.38. The summed E-state index contributed by atoms with van der Waals surface area (Å²) in [4.78, 5) is 13.5. The number of carbonyl (C=O) groups is 1. The van der Waals surface area contributed by atoms with Crippen molar-refractivity contribution < 1.29 is 4.79 Å². The Morgan fingerprint density at radius 2 is 1.81 bits per heavy atom. The van der Waals surface area contributed by atoms with Crippen molar-refractivity contribution in [3.05, 3.63) is 36.5 Å². The number of nitrogens with one attached hydrogen (secondary N) is 2. The molecule has 0 spiro atoms. The molecule has 2 N–H and O–H groups in total. The van der Waals surface area contributed by atoms with E-state index in [0.717, 1.165) is 45.4 Å². The van der Waals surface area contributed by atoms with Gasteiger partial charge in [0.1, 0.15) is 0 Å². The Labute approximate surface area is 164 Å². The Balaban J connectivity index is 1.58. The number of piperazine rings is 1. The van der Waals surface area contributed by atoms with Gasteiger partial charge in [0.05, 0.1) is 5.41 Å². The summed E-state index contributed by atoms with van der Waals surface area (Å²) in [6.45, 7) is 12.6. The summed E-state index contributed by atoms with van der Waals surface area (Å²) in [5.74, 6) is 0.932. The highest BCUT2D eigenvalue weighted by Crippen LogP contribution is 2.71. The van der Waals surface area contributed by atoms with Crippen LogP contribution < -0.4 is 10.7 Å². The fourth-order valence-electron chi connectivity index (χ4n) is 7.03. The van der Waals surface area contributed by atoms with E-state index in [2.05, 4.69) is 47.5 Å². The molecule has 5 fully saturated rings. The van der Waals surface area contributed by atoms with Gasteiger partial charge in [0.15, 0.2) is 0 Å². The van der Waals surface area contributed by atoms with Gasteiger partial charge in [-0.1, -0.05) is 37.8 Å². The van der Waals surface area contributed by atoms with Gasteiger partial charge in [-0.15, -0.1) is 0 Å². The number of allylic oxidation sites excluding steroid dienone is 5. The molecular weight excluding hydrogens is 334 g/mol. The largest absolute Gasteiger partial charge is 0.314 e. The first-order chi connectivity index (χ1) is 12.9.